The summed E-state index contributed by atoms with van der Waals surface area (Å²) in [6.45, 7) is 0. The van der Waals surface area contributed by atoms with Crippen molar-refractivity contribution in [3.63, 3.8) is 0 Å². The van der Waals surface area contributed by atoms with Crippen molar-refractivity contribution in [3.05, 3.63) is 47.3 Å². The maximum atomic E-state index is 12.9. The number of hydrogen-bond acceptors (Lipinski definition) is 1. The molecule has 1 aromatic carbocycles. The Morgan fingerprint density at radius 3 is 2.93 bits per heavy atom. The molecule has 0 amide bonds. The van der Waals surface area contributed by atoms with Gasteiger partial charge in [0.05, 0.1) is 0 Å². The number of rotatable bonds is 2. The Morgan fingerprint density at radius 1 is 1.43 bits per heavy atom. The van der Waals surface area contributed by atoms with Gasteiger partial charge in [0.2, 0.25) is 0 Å². The minimum absolute atomic E-state index is 0.162. The topological polar surface area (TPSA) is 26.0 Å². The molecule has 2 N–H and O–H groups in total. The second-order valence-corrected chi connectivity index (χ2v) is 3.83. The van der Waals surface area contributed by atoms with Crippen LogP contribution in [-0.2, 0) is 6.42 Å². The van der Waals surface area contributed by atoms with Gasteiger partial charge in [0.25, 0.3) is 0 Å². The summed E-state index contributed by atoms with van der Waals surface area (Å²) in [5.41, 5.74) is 8.13. The lowest BCUT2D eigenvalue weighted by atomic mass is 10.1. The van der Waals surface area contributed by atoms with E-state index < -0.39 is 0 Å². The largest absolute Gasteiger partial charge is 0.324 e. The van der Waals surface area contributed by atoms with Gasteiger partial charge in [-0.05, 0) is 37.0 Å². The molecule has 1 nitrogen and oxygen atoms in total. The molecule has 0 saturated carbocycles. The molecule has 0 heterocycles. The highest BCUT2D eigenvalue weighted by Gasteiger charge is 2.11. The Morgan fingerprint density at radius 2 is 2.29 bits per heavy atom. The molecule has 0 spiro atoms. The van der Waals surface area contributed by atoms with Crippen molar-refractivity contribution in [3.8, 4) is 0 Å². The monoisotopic (exact) mass is 191 g/mol. The maximum absolute atomic E-state index is 12.9. The molecule has 1 aliphatic carbocycles. The van der Waals surface area contributed by atoms with E-state index in [4.69, 9.17) is 5.73 Å². The van der Waals surface area contributed by atoms with Crippen LogP contribution in [0.3, 0.4) is 0 Å². The summed E-state index contributed by atoms with van der Waals surface area (Å²) in [6, 6.07) is 6.97. The molecule has 0 bridgehead atoms. The minimum atomic E-state index is -0.162. The van der Waals surface area contributed by atoms with E-state index in [2.05, 4.69) is 6.08 Å². The van der Waals surface area contributed by atoms with Crippen LogP contribution in [0.1, 0.15) is 18.4 Å². The molecular weight excluding hydrogens is 177 g/mol. The van der Waals surface area contributed by atoms with E-state index in [1.165, 1.54) is 11.6 Å². The van der Waals surface area contributed by atoms with Crippen LogP contribution in [0.5, 0.6) is 0 Å². The van der Waals surface area contributed by atoms with Crippen LogP contribution in [0.25, 0.3) is 0 Å². The molecule has 2 rings (SSSR count). The van der Waals surface area contributed by atoms with Gasteiger partial charge in [0.1, 0.15) is 5.82 Å². The van der Waals surface area contributed by atoms with Gasteiger partial charge in [-0.3, -0.25) is 0 Å². The number of nitrogens with two attached hydrogens (primary N) is 1. The Hall–Kier alpha value is -1.15. The van der Waals surface area contributed by atoms with Crippen molar-refractivity contribution in [2.24, 2.45) is 5.73 Å². The lowest BCUT2D eigenvalue weighted by Gasteiger charge is -2.01. The highest BCUT2D eigenvalue weighted by atomic mass is 19.1. The van der Waals surface area contributed by atoms with Crippen LogP contribution in [0.4, 0.5) is 4.39 Å². The summed E-state index contributed by atoms with van der Waals surface area (Å²) in [6.07, 6.45) is 5.03. The van der Waals surface area contributed by atoms with Gasteiger partial charge in [0, 0.05) is 6.04 Å². The van der Waals surface area contributed by atoms with Crippen molar-refractivity contribution >= 4 is 0 Å². The molecule has 0 aromatic heterocycles. The van der Waals surface area contributed by atoms with Crippen LogP contribution in [0, 0.1) is 5.82 Å². The zero-order valence-corrected chi connectivity index (χ0v) is 8.04. The predicted octanol–water partition coefficient (Wildman–Crippen LogP) is 2.42. The standard InChI is InChI=1S/C12H14FN/c13-11-3-1-2-9(7-11)6-10-4-5-12(14)8-10/h1-3,7-8,12H,4-6,14H2. The highest BCUT2D eigenvalue weighted by Crippen LogP contribution is 2.21. The van der Waals surface area contributed by atoms with Crippen molar-refractivity contribution in [1.82, 2.24) is 0 Å². The average molecular weight is 191 g/mol. The predicted molar refractivity (Wildman–Crippen MR) is 55.4 cm³/mol. The Kier molecular flexibility index (Phi) is 2.64. The Balaban J connectivity index is 2.08. The second kappa shape index (κ2) is 3.93. The van der Waals surface area contributed by atoms with Crippen LogP contribution < -0.4 is 5.73 Å². The molecule has 1 aliphatic rings. The van der Waals surface area contributed by atoms with E-state index in [0.717, 1.165) is 24.8 Å². The third kappa shape index (κ3) is 2.20. The van der Waals surface area contributed by atoms with Gasteiger partial charge in [-0.25, -0.2) is 4.39 Å². The van der Waals surface area contributed by atoms with Crippen molar-refractivity contribution < 1.29 is 4.39 Å². The molecule has 0 saturated heterocycles. The van der Waals surface area contributed by atoms with E-state index in [1.54, 1.807) is 12.1 Å². The fourth-order valence-corrected chi connectivity index (χ4v) is 1.88. The second-order valence-electron chi connectivity index (χ2n) is 3.83. The molecule has 0 radical (unpaired) electrons. The first-order valence-electron chi connectivity index (χ1n) is 4.93. The van der Waals surface area contributed by atoms with E-state index in [1.807, 2.05) is 6.07 Å². The number of allylic oxidation sites excluding steroid dienone is 1. The van der Waals surface area contributed by atoms with Gasteiger partial charge >= 0.3 is 0 Å². The molecule has 74 valence electrons. The fraction of sp³-hybridized carbons (Fsp3) is 0.333. The summed E-state index contributed by atoms with van der Waals surface area (Å²) in [7, 11) is 0. The molecular formula is C12H14FN. The van der Waals surface area contributed by atoms with Crippen molar-refractivity contribution in [2.75, 3.05) is 0 Å². The number of hydrogen-bond donors (Lipinski definition) is 1. The highest BCUT2D eigenvalue weighted by molar-refractivity contribution is 5.25. The average Bonchev–Trinajstić information content (AvgIpc) is 2.51. The number of benzene rings is 1. The summed E-state index contributed by atoms with van der Waals surface area (Å²) >= 11 is 0. The first kappa shape index (κ1) is 9.41. The summed E-state index contributed by atoms with van der Waals surface area (Å²) in [5.74, 6) is -0.162. The lowest BCUT2D eigenvalue weighted by Crippen LogP contribution is -2.11. The van der Waals surface area contributed by atoms with Crippen LogP contribution >= 0.6 is 0 Å². The van der Waals surface area contributed by atoms with Gasteiger partial charge in [-0.2, -0.15) is 0 Å². The van der Waals surface area contributed by atoms with Crippen LogP contribution in [-0.4, -0.2) is 6.04 Å². The Bertz CT molecular complexity index is 357. The lowest BCUT2D eigenvalue weighted by molar-refractivity contribution is 0.626. The van der Waals surface area contributed by atoms with Gasteiger partial charge in [-0.1, -0.05) is 23.8 Å². The Labute approximate surface area is 83.4 Å². The third-order valence-corrected chi connectivity index (χ3v) is 2.57. The zero-order chi connectivity index (χ0) is 9.97. The molecule has 1 unspecified atom stereocenters. The maximum Gasteiger partial charge on any atom is 0.123 e. The van der Waals surface area contributed by atoms with E-state index in [-0.39, 0.29) is 11.9 Å². The van der Waals surface area contributed by atoms with E-state index in [9.17, 15) is 4.39 Å². The van der Waals surface area contributed by atoms with Crippen LogP contribution in [0.15, 0.2) is 35.9 Å². The van der Waals surface area contributed by atoms with Gasteiger partial charge in [-0.15, -0.1) is 0 Å². The minimum Gasteiger partial charge on any atom is -0.324 e. The molecule has 1 atom stereocenters. The zero-order valence-electron chi connectivity index (χ0n) is 8.04. The summed E-state index contributed by atoms with van der Waals surface area (Å²) < 4.78 is 12.9. The normalized spacial score (nSPS) is 21.0. The van der Waals surface area contributed by atoms with E-state index >= 15 is 0 Å². The first-order valence-corrected chi connectivity index (χ1v) is 4.93. The summed E-state index contributed by atoms with van der Waals surface area (Å²) in [5, 5.41) is 0. The van der Waals surface area contributed by atoms with Gasteiger partial charge < -0.3 is 5.73 Å². The molecule has 1 aromatic rings. The fourth-order valence-electron chi connectivity index (χ4n) is 1.88. The van der Waals surface area contributed by atoms with Crippen molar-refractivity contribution in [2.45, 2.75) is 25.3 Å². The molecule has 0 fully saturated rings. The molecule has 0 aliphatic heterocycles. The smallest absolute Gasteiger partial charge is 0.123 e. The van der Waals surface area contributed by atoms with Gasteiger partial charge in [0.15, 0.2) is 0 Å². The summed E-state index contributed by atoms with van der Waals surface area (Å²) in [4.78, 5) is 0. The SMILES string of the molecule is NC1C=C(Cc2cccc(F)c2)CC1. The van der Waals surface area contributed by atoms with Crippen LogP contribution in [0.2, 0.25) is 0 Å². The van der Waals surface area contributed by atoms with Crippen molar-refractivity contribution in [1.29, 1.82) is 0 Å². The quantitative estimate of drug-likeness (QED) is 0.714. The first-order chi connectivity index (χ1) is 6.74. The number of halogens is 1. The third-order valence-electron chi connectivity index (χ3n) is 2.57. The molecule has 2 heteroatoms. The van der Waals surface area contributed by atoms with E-state index in [0.29, 0.717) is 0 Å². The molecule has 14 heavy (non-hydrogen) atoms.